The third-order valence-electron chi connectivity index (χ3n) is 7.12. The minimum atomic E-state index is -0.294. The van der Waals surface area contributed by atoms with Crippen molar-refractivity contribution in [2.45, 2.75) is 38.1 Å². The van der Waals surface area contributed by atoms with Gasteiger partial charge in [0.1, 0.15) is 5.75 Å². The number of likely N-dealkylation sites (tertiary alicyclic amines) is 1. The molecule has 1 saturated heterocycles. The van der Waals surface area contributed by atoms with Gasteiger partial charge in [-0.25, -0.2) is 0 Å². The Balaban J connectivity index is 1.31. The van der Waals surface area contributed by atoms with E-state index < -0.39 is 0 Å². The molecule has 3 aliphatic rings. The minimum absolute atomic E-state index is 0.0322. The molecule has 33 heavy (non-hydrogen) atoms. The lowest BCUT2D eigenvalue weighted by Gasteiger charge is -2.20. The molecule has 0 radical (unpaired) electrons. The smallest absolute Gasteiger partial charge is 0.231 e. The minimum Gasteiger partial charge on any atom is -0.497 e. The van der Waals surface area contributed by atoms with Crippen molar-refractivity contribution in [2.75, 3.05) is 27.0 Å². The fourth-order valence-electron chi connectivity index (χ4n) is 5.24. The van der Waals surface area contributed by atoms with Crippen LogP contribution in [-0.4, -0.2) is 43.7 Å². The lowest BCUT2D eigenvalue weighted by molar-refractivity contribution is -0.134. The Morgan fingerprint density at radius 2 is 1.79 bits per heavy atom. The average Bonchev–Trinajstić information content (AvgIpc) is 3.62. The molecule has 0 bridgehead atoms. The molecule has 1 N–H and O–H groups in total. The lowest BCUT2D eigenvalue weighted by Crippen LogP contribution is -2.36. The largest absolute Gasteiger partial charge is 0.497 e. The molecule has 2 aliphatic heterocycles. The van der Waals surface area contributed by atoms with Crippen LogP contribution in [0.2, 0.25) is 0 Å². The van der Waals surface area contributed by atoms with Crippen molar-refractivity contribution in [1.82, 2.24) is 10.2 Å². The van der Waals surface area contributed by atoms with E-state index in [0.717, 1.165) is 48.3 Å². The highest BCUT2D eigenvalue weighted by Crippen LogP contribution is 2.37. The standard InChI is InChI=1S/C26H30N2O5/c1-31-20-9-7-18(8-10-20)21-14-28(26(30)19-4-2-3-5-19)15-22(21)25(29)27-13-17-6-11-23-24(12-17)33-16-32-23/h6-12,19,21-22H,2-5,13-16H2,1H3,(H,27,29)/t21-,22-/m0/s1. The maximum absolute atomic E-state index is 13.3. The number of methoxy groups -OCH3 is 1. The van der Waals surface area contributed by atoms with Gasteiger partial charge in [-0.3, -0.25) is 9.59 Å². The highest BCUT2D eigenvalue weighted by Gasteiger charge is 2.42. The first kappa shape index (κ1) is 21.6. The molecule has 5 rings (SSSR count). The van der Waals surface area contributed by atoms with Gasteiger partial charge in [0.05, 0.1) is 13.0 Å². The zero-order chi connectivity index (χ0) is 22.8. The zero-order valence-corrected chi connectivity index (χ0v) is 18.9. The van der Waals surface area contributed by atoms with Crippen molar-refractivity contribution in [1.29, 1.82) is 0 Å². The molecule has 2 fully saturated rings. The zero-order valence-electron chi connectivity index (χ0n) is 18.9. The molecule has 1 aliphatic carbocycles. The van der Waals surface area contributed by atoms with Crippen molar-refractivity contribution in [2.24, 2.45) is 11.8 Å². The van der Waals surface area contributed by atoms with Gasteiger partial charge in [0.2, 0.25) is 18.6 Å². The number of ether oxygens (including phenoxy) is 3. The Hall–Kier alpha value is -3.22. The number of carbonyl (C=O) groups is 2. The monoisotopic (exact) mass is 450 g/mol. The molecule has 0 spiro atoms. The summed E-state index contributed by atoms with van der Waals surface area (Å²) < 4.78 is 16.1. The molecule has 2 aromatic rings. The van der Waals surface area contributed by atoms with Crippen LogP contribution in [0.3, 0.4) is 0 Å². The summed E-state index contributed by atoms with van der Waals surface area (Å²) in [6.45, 7) is 1.66. The van der Waals surface area contributed by atoms with Crippen molar-refractivity contribution in [3.63, 3.8) is 0 Å². The summed E-state index contributed by atoms with van der Waals surface area (Å²) in [5.41, 5.74) is 2.01. The van der Waals surface area contributed by atoms with E-state index in [-0.39, 0.29) is 36.4 Å². The van der Waals surface area contributed by atoms with Crippen molar-refractivity contribution in [3.8, 4) is 17.2 Å². The maximum atomic E-state index is 13.3. The van der Waals surface area contributed by atoms with Crippen LogP contribution in [0.5, 0.6) is 17.2 Å². The van der Waals surface area contributed by atoms with Crippen LogP contribution in [0.4, 0.5) is 0 Å². The van der Waals surface area contributed by atoms with Crippen molar-refractivity contribution >= 4 is 11.8 Å². The summed E-state index contributed by atoms with van der Waals surface area (Å²) in [5, 5.41) is 3.09. The highest BCUT2D eigenvalue weighted by molar-refractivity contribution is 5.84. The number of benzene rings is 2. The van der Waals surface area contributed by atoms with Crippen LogP contribution in [0.25, 0.3) is 0 Å². The van der Waals surface area contributed by atoms with Crippen LogP contribution in [0.1, 0.15) is 42.7 Å². The Morgan fingerprint density at radius 3 is 2.55 bits per heavy atom. The SMILES string of the molecule is COc1ccc([C@@H]2CN(C(=O)C3CCCC3)C[C@@H]2C(=O)NCc2ccc3c(c2)OCO3)cc1. The fourth-order valence-corrected chi connectivity index (χ4v) is 5.24. The van der Waals surface area contributed by atoms with Gasteiger partial charge < -0.3 is 24.4 Å². The van der Waals surface area contributed by atoms with Crippen LogP contribution in [0.15, 0.2) is 42.5 Å². The van der Waals surface area contributed by atoms with Crippen molar-refractivity contribution in [3.05, 3.63) is 53.6 Å². The average molecular weight is 451 g/mol. The number of carbonyl (C=O) groups excluding carboxylic acids is 2. The number of nitrogens with one attached hydrogen (secondary N) is 1. The Kier molecular flexibility index (Phi) is 6.11. The first-order chi connectivity index (χ1) is 16.1. The number of nitrogens with zero attached hydrogens (tertiary/aromatic N) is 1. The van der Waals surface area contributed by atoms with E-state index in [1.165, 1.54) is 0 Å². The number of rotatable bonds is 6. The van der Waals surface area contributed by atoms with Crippen LogP contribution in [0, 0.1) is 11.8 Å². The topological polar surface area (TPSA) is 77.1 Å². The van der Waals surface area contributed by atoms with E-state index in [2.05, 4.69) is 5.32 Å². The van der Waals surface area contributed by atoms with Gasteiger partial charge in [-0.05, 0) is 48.2 Å². The molecule has 2 aromatic carbocycles. The van der Waals surface area contributed by atoms with Gasteiger partial charge in [0.15, 0.2) is 11.5 Å². The summed E-state index contributed by atoms with van der Waals surface area (Å²) in [4.78, 5) is 28.4. The Bertz CT molecular complexity index is 1020. The van der Waals surface area contributed by atoms with Gasteiger partial charge in [-0.1, -0.05) is 31.0 Å². The van der Waals surface area contributed by atoms with Gasteiger partial charge in [-0.15, -0.1) is 0 Å². The quantitative estimate of drug-likeness (QED) is 0.729. The van der Waals surface area contributed by atoms with E-state index >= 15 is 0 Å². The van der Waals surface area contributed by atoms with E-state index in [1.807, 2.05) is 47.4 Å². The van der Waals surface area contributed by atoms with Gasteiger partial charge in [-0.2, -0.15) is 0 Å². The number of fused-ring (bicyclic) bond motifs is 1. The molecule has 7 nitrogen and oxygen atoms in total. The predicted molar refractivity (Wildman–Crippen MR) is 122 cm³/mol. The number of hydrogen-bond donors (Lipinski definition) is 1. The van der Waals surface area contributed by atoms with Crippen LogP contribution < -0.4 is 19.5 Å². The molecular formula is C26H30N2O5. The maximum Gasteiger partial charge on any atom is 0.231 e. The second-order valence-electron chi connectivity index (χ2n) is 9.12. The lowest BCUT2D eigenvalue weighted by atomic mass is 9.88. The highest BCUT2D eigenvalue weighted by atomic mass is 16.7. The van der Waals surface area contributed by atoms with Gasteiger partial charge in [0.25, 0.3) is 0 Å². The van der Waals surface area contributed by atoms with Gasteiger partial charge >= 0.3 is 0 Å². The second-order valence-corrected chi connectivity index (χ2v) is 9.12. The molecule has 0 unspecified atom stereocenters. The summed E-state index contributed by atoms with van der Waals surface area (Å²) >= 11 is 0. The Morgan fingerprint density at radius 1 is 1.03 bits per heavy atom. The van der Waals surface area contributed by atoms with Crippen LogP contribution >= 0.6 is 0 Å². The molecule has 0 aromatic heterocycles. The molecular weight excluding hydrogens is 420 g/mol. The summed E-state index contributed by atoms with van der Waals surface area (Å²) in [6.07, 6.45) is 4.16. The summed E-state index contributed by atoms with van der Waals surface area (Å²) in [6, 6.07) is 13.5. The number of amides is 2. The molecule has 2 amide bonds. The first-order valence-corrected chi connectivity index (χ1v) is 11.7. The first-order valence-electron chi connectivity index (χ1n) is 11.7. The molecule has 2 heterocycles. The predicted octanol–water partition coefficient (Wildman–Crippen LogP) is 3.47. The van der Waals surface area contributed by atoms with E-state index in [1.54, 1.807) is 7.11 Å². The molecule has 2 atom stereocenters. The molecule has 7 heteroatoms. The summed E-state index contributed by atoms with van der Waals surface area (Å²) in [5.74, 6) is 2.15. The van der Waals surface area contributed by atoms with Crippen LogP contribution in [-0.2, 0) is 16.1 Å². The second kappa shape index (κ2) is 9.33. The summed E-state index contributed by atoms with van der Waals surface area (Å²) in [7, 11) is 1.64. The van der Waals surface area contributed by atoms with E-state index in [9.17, 15) is 9.59 Å². The third-order valence-corrected chi connectivity index (χ3v) is 7.12. The number of hydrogen-bond acceptors (Lipinski definition) is 5. The van der Waals surface area contributed by atoms with Gasteiger partial charge in [0, 0.05) is 31.5 Å². The Labute approximate surface area is 194 Å². The normalized spacial score (nSPS) is 21.9. The van der Waals surface area contributed by atoms with E-state index in [4.69, 9.17) is 14.2 Å². The molecule has 1 saturated carbocycles. The fraction of sp³-hybridized carbons (Fsp3) is 0.462. The van der Waals surface area contributed by atoms with Crippen molar-refractivity contribution < 1.29 is 23.8 Å². The van der Waals surface area contributed by atoms with E-state index in [0.29, 0.717) is 25.4 Å². The third kappa shape index (κ3) is 4.49. The molecule has 174 valence electrons.